The van der Waals surface area contributed by atoms with Gasteiger partial charge in [-0.2, -0.15) is 5.92 Å². The molecule has 0 N–H and O–H groups in total. The molecule has 94 valence electrons. The quantitative estimate of drug-likeness (QED) is 0.609. The maximum absolute atomic E-state index is 12.5. The standard InChI is InChI=1S/C14H12ClN2O.Y/c1-5-6(2)17-14(15)12(16-5)13(18)11-8-3-7-4-9(11)10(7)8;/h3-4,7-10H,1-2H3;/q-3;+3. The Kier molecular flexibility index (Phi) is 3.31. The second kappa shape index (κ2) is 4.51. The van der Waals surface area contributed by atoms with Crippen molar-refractivity contribution in [3.63, 3.8) is 0 Å². The summed E-state index contributed by atoms with van der Waals surface area (Å²) in [6.07, 6.45) is 4.50. The Morgan fingerprint density at radius 3 is 2.32 bits per heavy atom. The molecule has 1 aromatic rings. The molecule has 2 unspecified atom stereocenters. The number of ketones is 1. The van der Waals surface area contributed by atoms with Crippen molar-refractivity contribution in [2.75, 3.05) is 0 Å². The first-order valence-electron chi connectivity index (χ1n) is 6.20. The van der Waals surface area contributed by atoms with Crippen LogP contribution in [0.25, 0.3) is 0 Å². The van der Waals surface area contributed by atoms with Gasteiger partial charge in [-0.15, -0.1) is 0 Å². The van der Waals surface area contributed by atoms with E-state index < -0.39 is 0 Å². The van der Waals surface area contributed by atoms with E-state index in [4.69, 9.17) is 11.6 Å². The number of aromatic nitrogens is 2. The Morgan fingerprint density at radius 1 is 1.21 bits per heavy atom. The van der Waals surface area contributed by atoms with Crippen molar-refractivity contribution in [3.8, 4) is 0 Å². The molecule has 3 saturated carbocycles. The van der Waals surface area contributed by atoms with Gasteiger partial charge in [0, 0.05) is 11.5 Å². The Bertz CT molecular complexity index is 563. The van der Waals surface area contributed by atoms with Crippen molar-refractivity contribution >= 4 is 17.4 Å². The van der Waals surface area contributed by atoms with E-state index in [0.717, 1.165) is 17.3 Å². The van der Waals surface area contributed by atoms with Crippen molar-refractivity contribution in [2.45, 2.75) is 13.8 Å². The fourth-order valence-electron chi connectivity index (χ4n) is 3.35. The van der Waals surface area contributed by atoms with E-state index in [1.54, 1.807) is 0 Å². The molecule has 3 aliphatic rings. The zero-order valence-electron chi connectivity index (χ0n) is 10.7. The molecule has 0 aromatic carbocycles. The van der Waals surface area contributed by atoms with Crippen LogP contribution in [-0.2, 0) is 32.7 Å². The fraction of sp³-hybridized carbons (Fsp3) is 0.429. The first kappa shape index (κ1) is 14.0. The van der Waals surface area contributed by atoms with Crippen LogP contribution in [0.3, 0.4) is 0 Å². The molecule has 19 heavy (non-hydrogen) atoms. The Hall–Kier alpha value is 0.0139. The molecule has 0 spiro atoms. The normalized spacial score (nSPS) is 33.3. The molecule has 3 nitrogen and oxygen atoms in total. The number of halogens is 1. The number of hydrogen-bond acceptors (Lipinski definition) is 3. The summed E-state index contributed by atoms with van der Waals surface area (Å²) in [5, 5.41) is 0.231. The van der Waals surface area contributed by atoms with Gasteiger partial charge in [0.1, 0.15) is 0 Å². The minimum Gasteiger partial charge on any atom is -0.364 e. The molecule has 4 rings (SSSR count). The third-order valence-electron chi connectivity index (χ3n) is 4.59. The van der Waals surface area contributed by atoms with Crippen LogP contribution in [0.1, 0.15) is 21.9 Å². The van der Waals surface area contributed by atoms with E-state index in [9.17, 15) is 4.79 Å². The molecule has 0 bridgehead atoms. The molecule has 1 heterocycles. The molecule has 5 heteroatoms. The van der Waals surface area contributed by atoms with Gasteiger partial charge in [0.15, 0.2) is 0 Å². The molecule has 3 fully saturated rings. The number of rotatable bonds is 2. The van der Waals surface area contributed by atoms with Gasteiger partial charge in [0.25, 0.3) is 0 Å². The predicted molar refractivity (Wildman–Crippen MR) is 66.6 cm³/mol. The van der Waals surface area contributed by atoms with E-state index in [-0.39, 0.29) is 43.6 Å². The van der Waals surface area contributed by atoms with Crippen LogP contribution in [0.4, 0.5) is 0 Å². The third-order valence-corrected chi connectivity index (χ3v) is 4.86. The number of Topliss-reactive ketones (excluding diaryl/α,β-unsaturated/α-hetero) is 1. The van der Waals surface area contributed by atoms with Gasteiger partial charge in [0.05, 0.1) is 10.8 Å². The number of carbonyl (C=O) groups excluding carboxylic acids is 1. The minimum absolute atomic E-state index is 0. The van der Waals surface area contributed by atoms with Crippen LogP contribution in [0.5, 0.6) is 0 Å². The summed E-state index contributed by atoms with van der Waals surface area (Å²) in [5.74, 6) is 3.11. The molecule has 0 radical (unpaired) electrons. The Labute approximate surface area is 142 Å². The first-order valence-corrected chi connectivity index (χ1v) is 6.58. The summed E-state index contributed by atoms with van der Waals surface area (Å²) in [7, 11) is 0. The second-order valence-electron chi connectivity index (χ2n) is 5.41. The van der Waals surface area contributed by atoms with Gasteiger partial charge >= 0.3 is 32.7 Å². The second-order valence-corrected chi connectivity index (χ2v) is 5.77. The number of nitrogens with zero attached hydrogens (tertiary/aromatic N) is 2. The summed E-state index contributed by atoms with van der Waals surface area (Å²) < 4.78 is 0. The summed E-state index contributed by atoms with van der Waals surface area (Å²) in [5.41, 5.74) is 1.87. The van der Waals surface area contributed by atoms with E-state index in [0.29, 0.717) is 29.4 Å². The van der Waals surface area contributed by atoms with Crippen molar-refractivity contribution in [3.05, 3.63) is 41.0 Å². The van der Waals surface area contributed by atoms with Crippen molar-refractivity contribution in [1.29, 1.82) is 0 Å². The van der Waals surface area contributed by atoms with Crippen LogP contribution in [0.15, 0.2) is 0 Å². The van der Waals surface area contributed by atoms with Crippen molar-refractivity contribution in [2.24, 2.45) is 23.7 Å². The van der Waals surface area contributed by atoms with Gasteiger partial charge < -0.3 is 28.5 Å². The van der Waals surface area contributed by atoms with E-state index in [2.05, 4.69) is 22.8 Å². The molecular weight excluding hydrogens is 337 g/mol. The Morgan fingerprint density at radius 2 is 1.79 bits per heavy atom. The van der Waals surface area contributed by atoms with Crippen LogP contribution >= 0.6 is 11.6 Å². The van der Waals surface area contributed by atoms with Crippen molar-refractivity contribution < 1.29 is 37.5 Å². The van der Waals surface area contributed by atoms with Crippen LogP contribution in [0, 0.1) is 56.3 Å². The predicted octanol–water partition coefficient (Wildman–Crippen LogP) is 2.42. The summed E-state index contributed by atoms with van der Waals surface area (Å²) in [4.78, 5) is 21.0. The minimum atomic E-state index is -0.00694. The molecule has 3 aliphatic carbocycles. The largest absolute Gasteiger partial charge is 3.00 e. The number of carbonyl (C=O) groups is 1. The molecule has 0 aliphatic heterocycles. The van der Waals surface area contributed by atoms with Crippen LogP contribution < -0.4 is 0 Å². The molecule has 1 aromatic heterocycles. The van der Waals surface area contributed by atoms with Crippen molar-refractivity contribution in [1.82, 2.24) is 9.97 Å². The smallest absolute Gasteiger partial charge is 0.364 e. The average molecular weight is 349 g/mol. The number of aryl methyl sites for hydroxylation is 2. The third kappa shape index (κ3) is 1.71. The summed E-state index contributed by atoms with van der Waals surface area (Å²) in [6, 6.07) is 0. The maximum atomic E-state index is 12.5. The fourth-order valence-corrected chi connectivity index (χ4v) is 3.61. The van der Waals surface area contributed by atoms with E-state index in [1.165, 1.54) is 0 Å². The van der Waals surface area contributed by atoms with Gasteiger partial charge in [-0.3, -0.25) is 4.98 Å². The Balaban J connectivity index is 0.00000110. The zero-order chi connectivity index (χ0) is 12.6. The topological polar surface area (TPSA) is 42.9 Å². The van der Waals surface area contributed by atoms with Gasteiger partial charge in [0.2, 0.25) is 0 Å². The van der Waals surface area contributed by atoms with Crippen LogP contribution in [-0.4, -0.2) is 15.8 Å². The molecule has 0 saturated heterocycles. The maximum Gasteiger partial charge on any atom is 3.00 e. The van der Waals surface area contributed by atoms with E-state index in [1.807, 2.05) is 13.8 Å². The van der Waals surface area contributed by atoms with Gasteiger partial charge in [-0.05, 0) is 19.5 Å². The van der Waals surface area contributed by atoms with Gasteiger partial charge in [-0.25, -0.2) is 17.8 Å². The van der Waals surface area contributed by atoms with Gasteiger partial charge in [-0.1, -0.05) is 11.6 Å². The average Bonchev–Trinajstić information content (AvgIpc) is 2.32. The summed E-state index contributed by atoms with van der Waals surface area (Å²) >= 11 is 6.06. The monoisotopic (exact) mass is 348 g/mol. The SMILES string of the molecule is Cc1nc(Cl)c(C(=O)[C-]2C3[CH-]C4[CH-]C2C43)nc1C.[Y+3]. The molecule has 2 atom stereocenters. The van der Waals surface area contributed by atoms with Crippen LogP contribution in [0.2, 0.25) is 5.15 Å². The molecular formula is C14H12ClN2OY. The zero-order valence-corrected chi connectivity index (χ0v) is 14.3. The molecule has 0 amide bonds. The summed E-state index contributed by atoms with van der Waals surface area (Å²) in [6.45, 7) is 3.70. The number of hydrogen-bond donors (Lipinski definition) is 0. The van der Waals surface area contributed by atoms with E-state index >= 15 is 0 Å². The first-order chi connectivity index (χ1) is 8.58.